The zero-order valence-corrected chi connectivity index (χ0v) is 12.6. The molecule has 0 aliphatic rings. The van der Waals surface area contributed by atoms with Gasteiger partial charge in [-0.3, -0.25) is 0 Å². The van der Waals surface area contributed by atoms with E-state index < -0.39 is 17.6 Å². The maximum absolute atomic E-state index is 13.0. The van der Waals surface area contributed by atoms with Gasteiger partial charge < -0.3 is 10.1 Å². The summed E-state index contributed by atoms with van der Waals surface area (Å²) in [6.07, 6.45) is -3.27. The molecule has 0 fully saturated rings. The van der Waals surface area contributed by atoms with Crippen LogP contribution in [-0.2, 0) is 12.7 Å². The number of aromatic nitrogens is 1. The molecule has 0 saturated carbocycles. The number of hydrogen-bond acceptors (Lipinski definition) is 3. The lowest BCUT2D eigenvalue weighted by molar-refractivity contribution is -0.138. The molecule has 3 nitrogen and oxygen atoms in total. The molecule has 2 rings (SSSR count). The smallest absolute Gasteiger partial charge is 0.421 e. The molecule has 7 heteroatoms. The topological polar surface area (TPSA) is 34.1 Å². The van der Waals surface area contributed by atoms with Crippen molar-refractivity contribution in [1.82, 2.24) is 10.3 Å². The first-order chi connectivity index (χ1) is 9.90. The number of rotatable bonds is 4. The third kappa shape index (κ3) is 4.18. The molecule has 0 bridgehead atoms. The van der Waals surface area contributed by atoms with Gasteiger partial charge >= 0.3 is 6.18 Å². The molecule has 1 N–H and O–H groups in total. The maximum Gasteiger partial charge on any atom is 0.421 e. The summed E-state index contributed by atoms with van der Waals surface area (Å²) in [5.41, 5.74) is -0.0171. The van der Waals surface area contributed by atoms with Gasteiger partial charge in [0.25, 0.3) is 0 Å². The first-order valence-electron chi connectivity index (χ1n) is 6.04. The van der Waals surface area contributed by atoms with Gasteiger partial charge in [0.15, 0.2) is 0 Å². The highest BCUT2D eigenvalue weighted by Gasteiger charge is 2.35. The first kappa shape index (κ1) is 15.8. The minimum atomic E-state index is -4.53. The lowest BCUT2D eigenvalue weighted by Crippen LogP contribution is -2.09. The molecule has 0 unspecified atom stereocenters. The molecule has 112 valence electrons. The monoisotopic (exact) mass is 360 g/mol. The Hall–Kier alpha value is -1.60. The molecule has 0 radical (unpaired) electrons. The van der Waals surface area contributed by atoms with Crippen LogP contribution in [0.2, 0.25) is 0 Å². The van der Waals surface area contributed by atoms with Crippen LogP contribution in [0, 0.1) is 0 Å². The summed E-state index contributed by atoms with van der Waals surface area (Å²) in [4.78, 5) is 3.71. The normalized spacial score (nSPS) is 11.5. The van der Waals surface area contributed by atoms with Gasteiger partial charge in [0.1, 0.15) is 11.3 Å². The second-order valence-corrected chi connectivity index (χ2v) is 5.20. The molecule has 1 heterocycles. The quantitative estimate of drug-likeness (QED) is 0.878. The number of ether oxygens (including phenoxy) is 1. The Labute approximate surface area is 128 Å². The van der Waals surface area contributed by atoms with Gasteiger partial charge in [-0.15, -0.1) is 0 Å². The summed E-state index contributed by atoms with van der Waals surface area (Å²) in [7, 11) is 1.78. The van der Waals surface area contributed by atoms with Crippen LogP contribution in [0.15, 0.2) is 41.0 Å². The van der Waals surface area contributed by atoms with Crippen LogP contribution >= 0.6 is 15.9 Å². The van der Waals surface area contributed by atoms with E-state index in [0.717, 1.165) is 11.6 Å². The standard InChI is InChI=1S/C14H12BrF3N2O/c1-19-7-9-3-2-4-11(5-9)21-13-12(14(16,17)18)6-10(15)8-20-13/h2-6,8,19H,7H2,1H3. The first-order valence-corrected chi connectivity index (χ1v) is 6.83. The second-order valence-electron chi connectivity index (χ2n) is 4.28. The SMILES string of the molecule is CNCc1cccc(Oc2ncc(Br)cc2C(F)(F)F)c1. The van der Waals surface area contributed by atoms with Crippen molar-refractivity contribution in [2.45, 2.75) is 12.7 Å². The molecule has 0 amide bonds. The van der Waals surface area contributed by atoms with Gasteiger partial charge in [-0.25, -0.2) is 4.98 Å². The van der Waals surface area contributed by atoms with Crippen molar-refractivity contribution in [3.8, 4) is 11.6 Å². The van der Waals surface area contributed by atoms with E-state index in [1.807, 2.05) is 6.07 Å². The zero-order chi connectivity index (χ0) is 15.5. The Morgan fingerprint density at radius 2 is 2.05 bits per heavy atom. The van der Waals surface area contributed by atoms with Crippen molar-refractivity contribution < 1.29 is 17.9 Å². The molecule has 0 aliphatic carbocycles. The van der Waals surface area contributed by atoms with E-state index in [2.05, 4.69) is 26.2 Å². The van der Waals surface area contributed by atoms with Gasteiger partial charge in [-0.05, 0) is 46.7 Å². The molecule has 1 aromatic carbocycles. The van der Waals surface area contributed by atoms with E-state index in [1.165, 1.54) is 6.20 Å². The molecule has 0 spiro atoms. The number of benzene rings is 1. The van der Waals surface area contributed by atoms with Gasteiger partial charge in [0.05, 0.1) is 0 Å². The second kappa shape index (κ2) is 6.44. The van der Waals surface area contributed by atoms with Crippen LogP contribution in [-0.4, -0.2) is 12.0 Å². The van der Waals surface area contributed by atoms with Gasteiger partial charge in [-0.2, -0.15) is 13.2 Å². The number of pyridine rings is 1. The predicted molar refractivity (Wildman–Crippen MR) is 76.2 cm³/mol. The fourth-order valence-corrected chi connectivity index (χ4v) is 2.08. The molecule has 0 aliphatic heterocycles. The Bertz CT molecular complexity index is 632. The lowest BCUT2D eigenvalue weighted by Gasteiger charge is -2.13. The van der Waals surface area contributed by atoms with Crippen molar-refractivity contribution in [2.24, 2.45) is 0 Å². The van der Waals surface area contributed by atoms with Crippen LogP contribution < -0.4 is 10.1 Å². The van der Waals surface area contributed by atoms with E-state index in [0.29, 0.717) is 12.3 Å². The molecule has 1 aromatic heterocycles. The average Bonchev–Trinajstić information content (AvgIpc) is 2.40. The highest BCUT2D eigenvalue weighted by Crippen LogP contribution is 2.38. The van der Waals surface area contributed by atoms with Crippen LogP contribution in [0.5, 0.6) is 11.6 Å². The molecule has 0 atom stereocenters. The minimum Gasteiger partial charge on any atom is -0.438 e. The van der Waals surface area contributed by atoms with Crippen LogP contribution in [0.3, 0.4) is 0 Å². The number of halogens is 4. The van der Waals surface area contributed by atoms with Crippen molar-refractivity contribution in [2.75, 3.05) is 7.05 Å². The van der Waals surface area contributed by atoms with Crippen LogP contribution in [0.4, 0.5) is 13.2 Å². The van der Waals surface area contributed by atoms with E-state index in [1.54, 1.807) is 25.2 Å². The van der Waals surface area contributed by atoms with Gasteiger partial charge in [0.2, 0.25) is 5.88 Å². The van der Waals surface area contributed by atoms with Gasteiger partial charge in [0, 0.05) is 17.2 Å². The highest BCUT2D eigenvalue weighted by molar-refractivity contribution is 9.10. The van der Waals surface area contributed by atoms with E-state index in [-0.39, 0.29) is 4.47 Å². The molecular formula is C14H12BrF3N2O. The molecule has 2 aromatic rings. The van der Waals surface area contributed by atoms with Crippen LogP contribution in [0.25, 0.3) is 0 Å². The Kier molecular flexibility index (Phi) is 4.84. The largest absolute Gasteiger partial charge is 0.438 e. The maximum atomic E-state index is 13.0. The lowest BCUT2D eigenvalue weighted by atomic mass is 10.2. The zero-order valence-electron chi connectivity index (χ0n) is 11.0. The third-order valence-electron chi connectivity index (χ3n) is 2.62. The minimum absolute atomic E-state index is 0.242. The molecule has 0 saturated heterocycles. The highest BCUT2D eigenvalue weighted by atomic mass is 79.9. The summed E-state index contributed by atoms with van der Waals surface area (Å²) < 4.78 is 44.5. The number of hydrogen-bond donors (Lipinski definition) is 1. The van der Waals surface area contributed by atoms with Crippen molar-refractivity contribution in [3.63, 3.8) is 0 Å². The van der Waals surface area contributed by atoms with Crippen LogP contribution in [0.1, 0.15) is 11.1 Å². The molecular weight excluding hydrogens is 349 g/mol. The fraction of sp³-hybridized carbons (Fsp3) is 0.214. The Balaban J connectivity index is 2.33. The fourth-order valence-electron chi connectivity index (χ4n) is 1.75. The average molecular weight is 361 g/mol. The van der Waals surface area contributed by atoms with E-state index >= 15 is 0 Å². The van der Waals surface area contributed by atoms with Gasteiger partial charge in [-0.1, -0.05) is 12.1 Å². The van der Waals surface area contributed by atoms with Crippen molar-refractivity contribution in [1.29, 1.82) is 0 Å². The number of nitrogens with one attached hydrogen (secondary N) is 1. The summed E-state index contributed by atoms with van der Waals surface area (Å²) in [6.45, 7) is 0.594. The van der Waals surface area contributed by atoms with Crippen molar-refractivity contribution in [3.05, 3.63) is 52.1 Å². The molecule has 21 heavy (non-hydrogen) atoms. The predicted octanol–water partition coefficient (Wildman–Crippen LogP) is 4.37. The number of alkyl halides is 3. The third-order valence-corrected chi connectivity index (χ3v) is 3.05. The Morgan fingerprint density at radius 1 is 1.29 bits per heavy atom. The summed E-state index contributed by atoms with van der Waals surface area (Å²) in [6, 6.07) is 7.76. The Morgan fingerprint density at radius 3 is 2.71 bits per heavy atom. The van der Waals surface area contributed by atoms with Crippen molar-refractivity contribution >= 4 is 15.9 Å². The summed E-state index contributed by atoms with van der Waals surface area (Å²) >= 11 is 2.98. The van der Waals surface area contributed by atoms with E-state index in [4.69, 9.17) is 4.74 Å². The van der Waals surface area contributed by atoms with E-state index in [9.17, 15) is 13.2 Å². The summed E-state index contributed by atoms with van der Waals surface area (Å²) in [5, 5.41) is 2.96. The number of nitrogens with zero attached hydrogens (tertiary/aromatic N) is 1. The summed E-state index contributed by atoms with van der Waals surface area (Å²) in [5.74, 6) is -0.157.